The zero-order valence-corrected chi connectivity index (χ0v) is 35.7. The minimum Gasteiger partial charge on any atom is -0.449 e. The summed E-state index contributed by atoms with van der Waals surface area (Å²) >= 11 is 1.92. The Balaban J connectivity index is 0.962. The molecule has 61 heavy (non-hydrogen) atoms. The Kier molecular flexibility index (Phi) is 9.22. The molecular weight excluding hydrogens is 779 g/mol. The lowest BCUT2D eigenvalue weighted by molar-refractivity contribution is 0.361. The number of hydrogen-bond donors (Lipinski definition) is 0. The molecule has 2 aliphatic rings. The number of nitrogens with zero attached hydrogens (tertiary/aromatic N) is 1. The first-order chi connectivity index (χ1) is 30.0. The lowest BCUT2D eigenvalue weighted by Crippen LogP contribution is -2.56. The molecule has 0 amide bonds. The summed E-state index contributed by atoms with van der Waals surface area (Å²) in [6.45, 7) is 4.97. The molecule has 0 spiro atoms. The maximum absolute atomic E-state index is 6.44. The van der Waals surface area contributed by atoms with Gasteiger partial charge in [-0.1, -0.05) is 170 Å². The van der Waals surface area contributed by atoms with E-state index < -0.39 is 8.07 Å². The molecule has 0 bridgehead atoms. The first-order valence-electron chi connectivity index (χ1n) is 20.7. The zero-order valence-electron chi connectivity index (χ0n) is 33.9. The smallest absolute Gasteiger partial charge is 0.177 e. The van der Waals surface area contributed by atoms with Crippen molar-refractivity contribution in [3.63, 3.8) is 0 Å². The SMILES string of the molecule is C[Si]1(C)c2ccccc2Sc2c(-c3ccc(N(c4ccc(-c5cccc(-c6ccccc6)c5)cc4)c4ccc(-c5cccc6c5Oc5ccccc5O6)cc4)cc3)cccc21. The molecule has 3 nitrogen and oxygen atoms in total. The summed E-state index contributed by atoms with van der Waals surface area (Å²) in [7, 11) is -1.86. The van der Waals surface area contributed by atoms with Crippen molar-refractivity contribution in [1.82, 2.24) is 0 Å². The van der Waals surface area contributed by atoms with E-state index in [0.29, 0.717) is 11.5 Å². The fourth-order valence-corrected chi connectivity index (χ4v) is 14.4. The van der Waals surface area contributed by atoms with E-state index in [1.807, 2.05) is 48.2 Å². The van der Waals surface area contributed by atoms with E-state index in [1.54, 1.807) is 0 Å². The van der Waals surface area contributed by atoms with Crippen molar-refractivity contribution in [3.05, 3.63) is 212 Å². The number of hydrogen-bond acceptors (Lipinski definition) is 4. The van der Waals surface area contributed by atoms with Gasteiger partial charge < -0.3 is 14.4 Å². The Hall–Kier alpha value is -7.05. The van der Waals surface area contributed by atoms with Crippen molar-refractivity contribution < 1.29 is 9.47 Å². The van der Waals surface area contributed by atoms with Crippen LogP contribution in [0.5, 0.6) is 23.0 Å². The zero-order chi connectivity index (χ0) is 40.9. The van der Waals surface area contributed by atoms with Crippen LogP contribution in [0.1, 0.15) is 0 Å². The number of anilines is 3. The Labute approximate surface area is 362 Å². The molecule has 2 heterocycles. The highest BCUT2D eigenvalue weighted by atomic mass is 32.2. The monoisotopic (exact) mass is 819 g/mol. The number of benzene rings is 9. The summed E-state index contributed by atoms with van der Waals surface area (Å²) in [6, 6.07) is 75.9. The second-order valence-corrected chi connectivity index (χ2v) is 21.5. The van der Waals surface area contributed by atoms with E-state index in [0.717, 1.165) is 39.7 Å². The molecule has 0 atom stereocenters. The molecule has 0 aromatic heterocycles. The quantitative estimate of drug-likeness (QED) is 0.149. The van der Waals surface area contributed by atoms with Crippen LogP contribution >= 0.6 is 11.8 Å². The number of fused-ring (bicyclic) bond motifs is 4. The van der Waals surface area contributed by atoms with Gasteiger partial charge in [0.05, 0.1) is 0 Å². The summed E-state index contributed by atoms with van der Waals surface area (Å²) in [4.78, 5) is 5.13. The van der Waals surface area contributed by atoms with Crippen molar-refractivity contribution in [2.45, 2.75) is 22.9 Å². The molecular formula is C56H41NO2SSi. The molecule has 0 radical (unpaired) electrons. The first-order valence-corrected chi connectivity index (χ1v) is 24.6. The second kappa shape index (κ2) is 15.2. The molecule has 9 aromatic rings. The fourth-order valence-electron chi connectivity index (χ4n) is 8.81. The van der Waals surface area contributed by atoms with Crippen LogP contribution in [0.4, 0.5) is 17.1 Å². The minimum atomic E-state index is -1.86. The minimum absolute atomic E-state index is 0.713. The Morgan fingerprint density at radius 3 is 1.54 bits per heavy atom. The Bertz CT molecular complexity index is 3070. The summed E-state index contributed by atoms with van der Waals surface area (Å²) < 4.78 is 12.7. The molecule has 9 aromatic carbocycles. The van der Waals surface area contributed by atoms with Crippen molar-refractivity contribution in [2.24, 2.45) is 0 Å². The molecule has 0 N–H and O–H groups in total. The van der Waals surface area contributed by atoms with E-state index in [-0.39, 0.29) is 0 Å². The summed E-state index contributed by atoms with van der Waals surface area (Å²) in [6.07, 6.45) is 0. The van der Waals surface area contributed by atoms with Crippen LogP contribution in [0.25, 0.3) is 44.5 Å². The van der Waals surface area contributed by atoms with Gasteiger partial charge in [0.2, 0.25) is 0 Å². The first kappa shape index (κ1) is 37.0. The predicted octanol–water partition coefficient (Wildman–Crippen LogP) is 15.0. The third-order valence-corrected chi connectivity index (χ3v) is 17.2. The molecule has 2 aliphatic heterocycles. The van der Waals surface area contributed by atoms with Gasteiger partial charge in [-0.15, -0.1) is 0 Å². The lowest BCUT2D eigenvalue weighted by atomic mass is 9.98. The van der Waals surface area contributed by atoms with Gasteiger partial charge in [-0.25, -0.2) is 0 Å². The van der Waals surface area contributed by atoms with Crippen LogP contribution in [-0.2, 0) is 0 Å². The van der Waals surface area contributed by atoms with E-state index in [4.69, 9.17) is 9.47 Å². The van der Waals surface area contributed by atoms with Gasteiger partial charge in [-0.05, 0) is 116 Å². The van der Waals surface area contributed by atoms with Gasteiger partial charge in [-0.2, -0.15) is 0 Å². The molecule has 292 valence electrons. The molecule has 0 saturated heterocycles. The second-order valence-electron chi connectivity index (χ2n) is 16.1. The van der Waals surface area contributed by atoms with Gasteiger partial charge in [0.1, 0.15) is 8.07 Å². The number of para-hydroxylation sites is 3. The number of ether oxygens (including phenoxy) is 2. The maximum atomic E-state index is 6.44. The summed E-state index contributed by atoms with van der Waals surface area (Å²) in [5.74, 6) is 2.88. The molecule has 5 heteroatoms. The lowest BCUT2D eigenvalue weighted by Gasteiger charge is -2.34. The fraction of sp³-hybridized carbons (Fsp3) is 0.0357. The molecule has 11 rings (SSSR count). The third-order valence-electron chi connectivity index (χ3n) is 12.0. The van der Waals surface area contributed by atoms with Crippen molar-refractivity contribution >= 4 is 47.3 Å². The predicted molar refractivity (Wildman–Crippen MR) is 257 cm³/mol. The Morgan fingerprint density at radius 2 is 0.852 bits per heavy atom. The van der Waals surface area contributed by atoms with Crippen LogP contribution in [0, 0.1) is 0 Å². The van der Waals surface area contributed by atoms with Gasteiger partial charge in [0.15, 0.2) is 23.0 Å². The van der Waals surface area contributed by atoms with E-state index >= 15 is 0 Å². The average molecular weight is 820 g/mol. The van der Waals surface area contributed by atoms with Crippen LogP contribution in [0.3, 0.4) is 0 Å². The van der Waals surface area contributed by atoms with Crippen LogP contribution in [0.15, 0.2) is 222 Å². The topological polar surface area (TPSA) is 21.7 Å². The van der Waals surface area contributed by atoms with Crippen LogP contribution in [-0.4, -0.2) is 8.07 Å². The van der Waals surface area contributed by atoms with Crippen LogP contribution in [0.2, 0.25) is 13.1 Å². The molecule has 0 unspecified atom stereocenters. The number of rotatable bonds is 7. The van der Waals surface area contributed by atoms with Gasteiger partial charge in [-0.3, -0.25) is 0 Å². The molecule has 0 fully saturated rings. The van der Waals surface area contributed by atoms with Crippen molar-refractivity contribution in [3.8, 4) is 67.5 Å². The highest BCUT2D eigenvalue weighted by Crippen LogP contribution is 2.50. The maximum Gasteiger partial charge on any atom is 0.177 e. The van der Waals surface area contributed by atoms with Gasteiger partial charge in [0.25, 0.3) is 0 Å². The van der Waals surface area contributed by atoms with Crippen LogP contribution < -0.4 is 24.7 Å². The standard InChI is InChI=1S/C56H41NO2SSi/c1-61(2)53-23-9-8-22-52(53)60-56-48(18-12-24-54(56)61)41-29-35-46(36-30-41)57(44-31-25-39(26-32-44)43-16-10-15-42(37-43)38-13-4-3-5-14-38)45-33-27-40(28-34-45)47-17-11-21-51-55(47)59-50-20-7-6-19-49(50)58-51/h3-37H,1-2H3. The normalized spacial score (nSPS) is 13.1. The Morgan fingerprint density at radius 1 is 0.377 bits per heavy atom. The van der Waals surface area contributed by atoms with Crippen molar-refractivity contribution in [1.29, 1.82) is 0 Å². The summed E-state index contributed by atoms with van der Waals surface area (Å²) in [5.41, 5.74) is 12.5. The van der Waals surface area contributed by atoms with Crippen molar-refractivity contribution in [2.75, 3.05) is 4.90 Å². The van der Waals surface area contributed by atoms with E-state index in [2.05, 4.69) is 194 Å². The largest absolute Gasteiger partial charge is 0.449 e. The average Bonchev–Trinajstić information content (AvgIpc) is 3.32. The third kappa shape index (κ3) is 6.73. The van der Waals surface area contributed by atoms with Gasteiger partial charge >= 0.3 is 0 Å². The van der Waals surface area contributed by atoms with E-state index in [9.17, 15) is 0 Å². The summed E-state index contributed by atoms with van der Waals surface area (Å²) in [5, 5.41) is 3.03. The molecule has 0 aliphatic carbocycles. The van der Waals surface area contributed by atoms with Gasteiger partial charge in [0, 0.05) is 32.4 Å². The molecule has 0 saturated carbocycles. The highest BCUT2D eigenvalue weighted by molar-refractivity contribution is 8.00. The van der Waals surface area contributed by atoms with E-state index in [1.165, 1.54) is 53.5 Å². The highest BCUT2D eigenvalue weighted by Gasteiger charge is 2.36.